The molecule has 2 heterocycles. The number of nitrogens with one attached hydrogen (secondary N) is 2. The van der Waals surface area contributed by atoms with Crippen molar-refractivity contribution in [3.63, 3.8) is 0 Å². The van der Waals surface area contributed by atoms with Gasteiger partial charge in [-0.25, -0.2) is 0 Å². The second-order valence-electron chi connectivity index (χ2n) is 5.49. The van der Waals surface area contributed by atoms with E-state index in [1.165, 1.54) is 41.8 Å². The molecule has 0 bridgehead atoms. The standard InChI is InChI=1S/C17H23N3/c1-14-15(16-7-2-3-8-17(16)19-14)6-4-5-11-20-12-9-18-10-13-20/h2-4,6-8,18-19H,5,9-13H2,1H3/b6-4+. The summed E-state index contributed by atoms with van der Waals surface area (Å²) in [5.41, 5.74) is 3.82. The van der Waals surface area contributed by atoms with Crippen LogP contribution in [0, 0.1) is 6.92 Å². The summed E-state index contributed by atoms with van der Waals surface area (Å²) in [5, 5.41) is 4.71. The first kappa shape index (κ1) is 13.4. The van der Waals surface area contributed by atoms with Crippen molar-refractivity contribution in [2.75, 3.05) is 32.7 Å². The normalized spacial score (nSPS) is 17.2. The van der Waals surface area contributed by atoms with E-state index in [1.54, 1.807) is 0 Å². The third-order valence-electron chi connectivity index (χ3n) is 4.05. The van der Waals surface area contributed by atoms with Gasteiger partial charge in [-0.1, -0.05) is 30.4 Å². The zero-order valence-corrected chi connectivity index (χ0v) is 12.2. The second-order valence-corrected chi connectivity index (χ2v) is 5.49. The van der Waals surface area contributed by atoms with Crippen LogP contribution in [0.3, 0.4) is 0 Å². The quantitative estimate of drug-likeness (QED) is 0.894. The Balaban J connectivity index is 1.63. The van der Waals surface area contributed by atoms with Crippen LogP contribution in [-0.2, 0) is 0 Å². The first-order valence-electron chi connectivity index (χ1n) is 7.51. The fraction of sp³-hybridized carbons (Fsp3) is 0.412. The minimum atomic E-state index is 1.12. The van der Waals surface area contributed by atoms with Gasteiger partial charge in [0.2, 0.25) is 0 Å². The number of H-pyrrole nitrogens is 1. The van der Waals surface area contributed by atoms with Gasteiger partial charge in [-0.3, -0.25) is 0 Å². The van der Waals surface area contributed by atoms with Crippen molar-refractivity contribution in [3.05, 3.63) is 41.6 Å². The van der Waals surface area contributed by atoms with E-state index in [0.717, 1.165) is 19.5 Å². The van der Waals surface area contributed by atoms with Crippen LogP contribution >= 0.6 is 0 Å². The predicted octanol–water partition coefficient (Wildman–Crippen LogP) is 2.78. The van der Waals surface area contributed by atoms with E-state index in [-0.39, 0.29) is 0 Å². The molecule has 0 atom stereocenters. The van der Waals surface area contributed by atoms with E-state index >= 15 is 0 Å². The SMILES string of the molecule is Cc1[nH]c2ccccc2c1/C=C/CCN1CCNCC1. The molecule has 106 valence electrons. The number of aryl methyl sites for hydroxylation is 1. The fourth-order valence-electron chi connectivity index (χ4n) is 2.91. The van der Waals surface area contributed by atoms with Crippen molar-refractivity contribution in [2.45, 2.75) is 13.3 Å². The smallest absolute Gasteiger partial charge is 0.0462 e. The summed E-state index contributed by atoms with van der Waals surface area (Å²) >= 11 is 0. The van der Waals surface area contributed by atoms with E-state index in [9.17, 15) is 0 Å². The van der Waals surface area contributed by atoms with Crippen molar-refractivity contribution >= 4 is 17.0 Å². The minimum Gasteiger partial charge on any atom is -0.358 e. The number of para-hydroxylation sites is 1. The van der Waals surface area contributed by atoms with Crippen LogP contribution < -0.4 is 5.32 Å². The Morgan fingerprint density at radius 3 is 2.85 bits per heavy atom. The van der Waals surface area contributed by atoms with E-state index in [1.807, 2.05) is 0 Å². The van der Waals surface area contributed by atoms with Gasteiger partial charge in [-0.05, 0) is 19.4 Å². The summed E-state index contributed by atoms with van der Waals surface area (Å²) in [7, 11) is 0. The summed E-state index contributed by atoms with van der Waals surface area (Å²) in [6.45, 7) is 7.94. The number of piperazine rings is 1. The molecular weight excluding hydrogens is 246 g/mol. The highest BCUT2D eigenvalue weighted by molar-refractivity contribution is 5.90. The van der Waals surface area contributed by atoms with E-state index in [2.05, 4.69) is 58.5 Å². The molecule has 0 amide bonds. The summed E-state index contributed by atoms with van der Waals surface area (Å²) < 4.78 is 0. The summed E-state index contributed by atoms with van der Waals surface area (Å²) in [6, 6.07) is 8.51. The van der Waals surface area contributed by atoms with E-state index in [4.69, 9.17) is 0 Å². The van der Waals surface area contributed by atoms with Gasteiger partial charge in [0, 0.05) is 54.9 Å². The molecule has 1 saturated heterocycles. The average Bonchev–Trinajstić information content (AvgIpc) is 2.80. The molecule has 2 N–H and O–H groups in total. The summed E-state index contributed by atoms with van der Waals surface area (Å²) in [5.74, 6) is 0. The molecule has 1 fully saturated rings. The predicted molar refractivity (Wildman–Crippen MR) is 86.0 cm³/mol. The number of nitrogens with zero attached hydrogens (tertiary/aromatic N) is 1. The lowest BCUT2D eigenvalue weighted by Crippen LogP contribution is -2.43. The van der Waals surface area contributed by atoms with Crippen molar-refractivity contribution in [1.29, 1.82) is 0 Å². The molecule has 0 unspecified atom stereocenters. The molecule has 1 aromatic carbocycles. The Morgan fingerprint density at radius 1 is 1.20 bits per heavy atom. The molecule has 1 aromatic heterocycles. The van der Waals surface area contributed by atoms with Crippen LogP contribution in [0.15, 0.2) is 30.3 Å². The molecule has 0 radical (unpaired) electrons. The Labute approximate surface area is 120 Å². The van der Waals surface area contributed by atoms with Crippen LogP contribution in [0.25, 0.3) is 17.0 Å². The second kappa shape index (κ2) is 6.25. The van der Waals surface area contributed by atoms with Gasteiger partial charge >= 0.3 is 0 Å². The lowest BCUT2D eigenvalue weighted by atomic mass is 10.1. The Bertz CT molecular complexity index is 591. The first-order valence-corrected chi connectivity index (χ1v) is 7.51. The Kier molecular flexibility index (Phi) is 4.19. The highest BCUT2D eigenvalue weighted by Gasteiger charge is 2.08. The monoisotopic (exact) mass is 269 g/mol. The third-order valence-corrected chi connectivity index (χ3v) is 4.05. The number of benzene rings is 1. The molecule has 0 aliphatic carbocycles. The van der Waals surface area contributed by atoms with Crippen molar-refractivity contribution in [2.24, 2.45) is 0 Å². The van der Waals surface area contributed by atoms with Gasteiger partial charge in [0.05, 0.1) is 0 Å². The van der Waals surface area contributed by atoms with Gasteiger partial charge in [-0.2, -0.15) is 0 Å². The highest BCUT2D eigenvalue weighted by Crippen LogP contribution is 2.23. The van der Waals surface area contributed by atoms with Crippen LogP contribution in [0.2, 0.25) is 0 Å². The number of hydrogen-bond donors (Lipinski definition) is 2. The van der Waals surface area contributed by atoms with E-state index in [0.29, 0.717) is 0 Å². The molecule has 1 aliphatic heterocycles. The number of hydrogen-bond acceptors (Lipinski definition) is 2. The number of fused-ring (bicyclic) bond motifs is 1. The maximum atomic E-state index is 3.45. The molecule has 3 heteroatoms. The van der Waals surface area contributed by atoms with Crippen LogP contribution in [0.1, 0.15) is 17.7 Å². The Morgan fingerprint density at radius 2 is 2.00 bits per heavy atom. The zero-order chi connectivity index (χ0) is 13.8. The molecule has 0 spiro atoms. The number of rotatable bonds is 4. The molecule has 3 nitrogen and oxygen atoms in total. The van der Waals surface area contributed by atoms with Crippen LogP contribution in [-0.4, -0.2) is 42.6 Å². The average molecular weight is 269 g/mol. The Hall–Kier alpha value is -1.58. The summed E-state index contributed by atoms with van der Waals surface area (Å²) in [4.78, 5) is 5.98. The van der Waals surface area contributed by atoms with Crippen LogP contribution in [0.4, 0.5) is 0 Å². The highest BCUT2D eigenvalue weighted by atomic mass is 15.2. The largest absolute Gasteiger partial charge is 0.358 e. The van der Waals surface area contributed by atoms with Gasteiger partial charge in [-0.15, -0.1) is 0 Å². The van der Waals surface area contributed by atoms with Crippen LogP contribution in [0.5, 0.6) is 0 Å². The molecular formula is C17H23N3. The van der Waals surface area contributed by atoms with Gasteiger partial charge in [0.1, 0.15) is 0 Å². The number of aromatic nitrogens is 1. The molecule has 1 aliphatic rings. The zero-order valence-electron chi connectivity index (χ0n) is 12.2. The van der Waals surface area contributed by atoms with E-state index < -0.39 is 0 Å². The molecule has 0 saturated carbocycles. The van der Waals surface area contributed by atoms with Gasteiger partial charge in [0.15, 0.2) is 0 Å². The summed E-state index contributed by atoms with van der Waals surface area (Å²) in [6.07, 6.45) is 5.71. The molecule has 2 aromatic rings. The van der Waals surface area contributed by atoms with Crippen molar-refractivity contribution < 1.29 is 0 Å². The number of aromatic amines is 1. The van der Waals surface area contributed by atoms with Gasteiger partial charge in [0.25, 0.3) is 0 Å². The minimum absolute atomic E-state index is 1.12. The lowest BCUT2D eigenvalue weighted by Gasteiger charge is -2.26. The topological polar surface area (TPSA) is 31.1 Å². The van der Waals surface area contributed by atoms with Crippen molar-refractivity contribution in [3.8, 4) is 0 Å². The maximum Gasteiger partial charge on any atom is 0.0462 e. The maximum absolute atomic E-state index is 3.45. The lowest BCUT2D eigenvalue weighted by molar-refractivity contribution is 0.245. The van der Waals surface area contributed by atoms with Crippen molar-refractivity contribution in [1.82, 2.24) is 15.2 Å². The third kappa shape index (κ3) is 2.94. The fourth-order valence-corrected chi connectivity index (χ4v) is 2.91. The first-order chi connectivity index (χ1) is 9.84. The van der Waals surface area contributed by atoms with Gasteiger partial charge < -0.3 is 15.2 Å². The molecule has 3 rings (SSSR count). The molecule has 20 heavy (non-hydrogen) atoms.